The molecule has 0 saturated heterocycles. The first-order valence-electron chi connectivity index (χ1n) is 8.22. The highest BCUT2D eigenvalue weighted by Crippen LogP contribution is 2.28. The van der Waals surface area contributed by atoms with Crippen molar-refractivity contribution in [1.29, 1.82) is 0 Å². The van der Waals surface area contributed by atoms with Crippen molar-refractivity contribution in [3.05, 3.63) is 29.9 Å². The molecule has 134 valence electrons. The van der Waals surface area contributed by atoms with Gasteiger partial charge in [0.1, 0.15) is 18.1 Å². The van der Waals surface area contributed by atoms with Gasteiger partial charge in [0.05, 0.1) is 5.69 Å². The lowest BCUT2D eigenvalue weighted by atomic mass is 9.95. The van der Waals surface area contributed by atoms with Crippen molar-refractivity contribution in [3.8, 4) is 11.4 Å². The average molecular weight is 353 g/mol. The fraction of sp³-hybridized carbons (Fsp3) is 0.438. The van der Waals surface area contributed by atoms with Crippen molar-refractivity contribution in [1.82, 2.24) is 44.9 Å². The predicted octanol–water partition coefficient (Wildman–Crippen LogP) is 1.66. The van der Waals surface area contributed by atoms with Crippen LogP contribution in [-0.2, 0) is 19.0 Å². The van der Waals surface area contributed by atoms with Gasteiger partial charge in [0.15, 0.2) is 11.2 Å². The van der Waals surface area contributed by atoms with Crippen LogP contribution in [0.5, 0.6) is 0 Å². The van der Waals surface area contributed by atoms with Gasteiger partial charge in [0.2, 0.25) is 11.8 Å². The van der Waals surface area contributed by atoms with Gasteiger partial charge in [0, 0.05) is 25.6 Å². The lowest BCUT2D eigenvalue weighted by Gasteiger charge is -2.17. The van der Waals surface area contributed by atoms with Crippen LogP contribution in [0.25, 0.3) is 22.6 Å². The second-order valence-corrected chi connectivity index (χ2v) is 7.12. The zero-order valence-corrected chi connectivity index (χ0v) is 15.3. The van der Waals surface area contributed by atoms with Crippen LogP contribution in [0, 0.1) is 6.92 Å². The summed E-state index contributed by atoms with van der Waals surface area (Å²) in [5.41, 5.74) is 2.55. The highest BCUT2D eigenvalue weighted by atomic mass is 16.4. The van der Waals surface area contributed by atoms with Gasteiger partial charge in [-0.05, 0) is 6.07 Å². The molecule has 0 amide bonds. The van der Waals surface area contributed by atoms with Gasteiger partial charge < -0.3 is 4.42 Å². The molecule has 26 heavy (non-hydrogen) atoms. The second kappa shape index (κ2) is 5.68. The molecule has 4 rings (SSSR count). The summed E-state index contributed by atoms with van der Waals surface area (Å²) >= 11 is 0. The minimum Gasteiger partial charge on any atom is -0.424 e. The summed E-state index contributed by atoms with van der Waals surface area (Å²) in [7, 11) is 1.87. The molecule has 0 N–H and O–H groups in total. The van der Waals surface area contributed by atoms with E-state index in [-0.39, 0.29) is 5.41 Å². The third-order valence-electron chi connectivity index (χ3n) is 3.95. The minimum atomic E-state index is -0.238. The number of fused-ring (bicyclic) bond motifs is 1. The zero-order chi connectivity index (χ0) is 18.5. The number of rotatable bonds is 3. The topological polar surface area (TPSA) is 113 Å². The highest BCUT2D eigenvalue weighted by molar-refractivity contribution is 5.85. The fourth-order valence-corrected chi connectivity index (χ4v) is 2.61. The summed E-state index contributed by atoms with van der Waals surface area (Å²) in [6, 6.07) is 1.90. The zero-order valence-electron chi connectivity index (χ0n) is 15.3. The van der Waals surface area contributed by atoms with Gasteiger partial charge in [0.25, 0.3) is 0 Å². The molecule has 0 unspecified atom stereocenters. The van der Waals surface area contributed by atoms with Crippen molar-refractivity contribution < 1.29 is 4.42 Å². The molecule has 0 aromatic carbocycles. The lowest BCUT2D eigenvalue weighted by Crippen LogP contribution is -2.18. The van der Waals surface area contributed by atoms with Crippen LogP contribution in [-0.4, -0.2) is 44.9 Å². The Bertz CT molecular complexity index is 1080. The maximum atomic E-state index is 5.46. The van der Waals surface area contributed by atoms with Crippen LogP contribution >= 0.6 is 0 Å². The van der Waals surface area contributed by atoms with Crippen LogP contribution in [0.3, 0.4) is 0 Å². The van der Waals surface area contributed by atoms with Crippen molar-refractivity contribution in [2.75, 3.05) is 0 Å². The smallest absolute Gasteiger partial charge is 0.238 e. The largest absolute Gasteiger partial charge is 0.424 e. The van der Waals surface area contributed by atoms with E-state index in [9.17, 15) is 0 Å². The number of aryl methyl sites for hydroxylation is 2. The number of hydrogen-bond acceptors (Lipinski definition) is 8. The maximum absolute atomic E-state index is 5.46. The molecule has 4 aromatic rings. The predicted molar refractivity (Wildman–Crippen MR) is 92.2 cm³/mol. The van der Waals surface area contributed by atoms with Crippen LogP contribution in [0.4, 0.5) is 0 Å². The van der Waals surface area contributed by atoms with Crippen molar-refractivity contribution in [2.24, 2.45) is 7.05 Å². The van der Waals surface area contributed by atoms with E-state index in [0.29, 0.717) is 41.0 Å². The minimum absolute atomic E-state index is 0.238. The SMILES string of the molecule is Cc1nnc(Cn2nnc3c(-c4ccnn4C)nc(C(C)(C)C)nc32)o1. The first-order valence-corrected chi connectivity index (χ1v) is 8.22. The van der Waals surface area contributed by atoms with E-state index in [1.807, 2.05) is 13.1 Å². The molecule has 0 bridgehead atoms. The van der Waals surface area contributed by atoms with E-state index in [2.05, 4.69) is 46.4 Å². The molecule has 4 aromatic heterocycles. The van der Waals surface area contributed by atoms with E-state index in [1.54, 1.807) is 22.5 Å². The summed E-state index contributed by atoms with van der Waals surface area (Å²) in [4.78, 5) is 9.48. The second-order valence-electron chi connectivity index (χ2n) is 7.12. The number of aromatic nitrogens is 9. The molecule has 10 heteroatoms. The molecule has 0 atom stereocenters. The third kappa shape index (κ3) is 2.72. The van der Waals surface area contributed by atoms with E-state index < -0.39 is 0 Å². The average Bonchev–Trinajstić information content (AvgIpc) is 3.27. The Labute approximate surface area is 149 Å². The van der Waals surface area contributed by atoms with Gasteiger partial charge in [-0.1, -0.05) is 26.0 Å². The molecule has 0 saturated carbocycles. The summed E-state index contributed by atoms with van der Waals surface area (Å²) in [5, 5.41) is 20.6. The molecule has 0 aliphatic heterocycles. The van der Waals surface area contributed by atoms with Crippen molar-refractivity contribution in [3.63, 3.8) is 0 Å². The van der Waals surface area contributed by atoms with E-state index in [4.69, 9.17) is 14.4 Å². The Morgan fingerprint density at radius 2 is 1.92 bits per heavy atom. The van der Waals surface area contributed by atoms with Gasteiger partial charge in [-0.15, -0.1) is 15.3 Å². The molecule has 0 aliphatic carbocycles. The lowest BCUT2D eigenvalue weighted by molar-refractivity contribution is 0.443. The maximum Gasteiger partial charge on any atom is 0.238 e. The monoisotopic (exact) mass is 353 g/mol. The van der Waals surface area contributed by atoms with Crippen molar-refractivity contribution >= 4 is 11.2 Å². The molecule has 0 spiro atoms. The van der Waals surface area contributed by atoms with Gasteiger partial charge >= 0.3 is 0 Å². The Balaban J connectivity index is 1.92. The molecule has 0 radical (unpaired) electrons. The summed E-state index contributed by atoms with van der Waals surface area (Å²) in [6.45, 7) is 8.24. The van der Waals surface area contributed by atoms with Gasteiger partial charge in [-0.2, -0.15) is 5.10 Å². The number of hydrogen-bond donors (Lipinski definition) is 0. The Hall–Kier alpha value is -3.17. The van der Waals surface area contributed by atoms with Crippen LogP contribution in [0.2, 0.25) is 0 Å². The van der Waals surface area contributed by atoms with Crippen LogP contribution in [0.15, 0.2) is 16.7 Å². The molecule has 10 nitrogen and oxygen atoms in total. The van der Waals surface area contributed by atoms with E-state index in [0.717, 1.165) is 5.69 Å². The molecular weight excluding hydrogens is 334 g/mol. The molecule has 4 heterocycles. The Kier molecular flexibility index (Phi) is 3.56. The number of nitrogens with zero attached hydrogens (tertiary/aromatic N) is 9. The quantitative estimate of drug-likeness (QED) is 0.546. The summed E-state index contributed by atoms with van der Waals surface area (Å²) in [6.07, 6.45) is 1.73. The van der Waals surface area contributed by atoms with E-state index in [1.165, 1.54) is 0 Å². The fourth-order valence-electron chi connectivity index (χ4n) is 2.61. The highest BCUT2D eigenvalue weighted by Gasteiger charge is 2.24. The van der Waals surface area contributed by atoms with Crippen LogP contribution < -0.4 is 0 Å². The first kappa shape index (κ1) is 16.3. The Morgan fingerprint density at radius 1 is 1.12 bits per heavy atom. The normalized spacial score (nSPS) is 12.2. The van der Waals surface area contributed by atoms with Gasteiger partial charge in [-0.25, -0.2) is 14.6 Å². The van der Waals surface area contributed by atoms with E-state index >= 15 is 0 Å². The van der Waals surface area contributed by atoms with Crippen LogP contribution in [0.1, 0.15) is 38.4 Å². The summed E-state index contributed by atoms with van der Waals surface area (Å²) in [5.74, 6) is 1.66. The summed E-state index contributed by atoms with van der Waals surface area (Å²) < 4.78 is 8.87. The Morgan fingerprint density at radius 3 is 2.54 bits per heavy atom. The molecule has 0 fully saturated rings. The van der Waals surface area contributed by atoms with Crippen molar-refractivity contribution in [2.45, 2.75) is 39.7 Å². The standard InChI is InChI=1S/C16H19N9O/c1-9-20-21-11(26-9)8-25-14-13(22-23-25)12(10-6-7-17-24(10)5)18-15(19-14)16(2,3)4/h6-7H,8H2,1-5H3. The third-order valence-corrected chi connectivity index (χ3v) is 3.95. The van der Waals surface area contributed by atoms with Gasteiger partial charge in [-0.3, -0.25) is 4.68 Å². The molecular formula is C16H19N9O. The first-order chi connectivity index (χ1) is 12.3. The molecule has 0 aliphatic rings.